The van der Waals surface area contributed by atoms with Gasteiger partial charge in [0.05, 0.1) is 5.02 Å². The third-order valence-electron chi connectivity index (χ3n) is 1.38. The normalized spacial score (nSPS) is 9.73. The number of nitrogens with zero attached hydrogens (tertiary/aromatic N) is 1. The molecule has 11 heavy (non-hydrogen) atoms. The molecule has 2 nitrogen and oxygen atoms in total. The maximum atomic E-state index is 10.9. The van der Waals surface area contributed by atoms with Crippen LogP contribution in [0.2, 0.25) is 5.02 Å². The zero-order valence-electron chi connectivity index (χ0n) is 6.39. The minimum absolute atomic E-state index is 0.0285. The van der Waals surface area contributed by atoms with Gasteiger partial charge in [0.25, 0.3) is 0 Å². The summed E-state index contributed by atoms with van der Waals surface area (Å²) in [7, 11) is 0. The maximum Gasteiger partial charge on any atom is 0.178 e. The smallest absolute Gasteiger partial charge is 0.178 e. The Balaban J connectivity index is 3.20. The molecule has 0 bridgehead atoms. The molecule has 0 N–H and O–H groups in total. The van der Waals surface area contributed by atoms with Gasteiger partial charge in [-0.15, -0.1) is 0 Å². The van der Waals surface area contributed by atoms with Crippen LogP contribution in [0.1, 0.15) is 23.0 Å². The van der Waals surface area contributed by atoms with Crippen molar-refractivity contribution in [2.75, 3.05) is 0 Å². The van der Waals surface area contributed by atoms with E-state index in [1.165, 1.54) is 13.1 Å². The van der Waals surface area contributed by atoms with Crippen LogP contribution in [0.5, 0.6) is 0 Å². The first-order valence-electron chi connectivity index (χ1n) is 3.24. The van der Waals surface area contributed by atoms with Crippen LogP contribution in [0.25, 0.3) is 0 Å². The number of aryl methyl sites for hydroxylation is 1. The lowest BCUT2D eigenvalue weighted by Gasteiger charge is -1.99. The minimum atomic E-state index is -0.0285. The number of hydrogen-bond donors (Lipinski definition) is 0. The van der Waals surface area contributed by atoms with Crippen LogP contribution in [0.4, 0.5) is 0 Å². The molecule has 3 heteroatoms. The zero-order chi connectivity index (χ0) is 8.43. The van der Waals surface area contributed by atoms with Gasteiger partial charge in [0, 0.05) is 13.1 Å². The van der Waals surface area contributed by atoms with E-state index in [2.05, 4.69) is 4.98 Å². The van der Waals surface area contributed by atoms with Crippen molar-refractivity contribution >= 4 is 17.4 Å². The summed E-state index contributed by atoms with van der Waals surface area (Å²) >= 11 is 5.65. The van der Waals surface area contributed by atoms with Crippen molar-refractivity contribution in [1.82, 2.24) is 4.98 Å². The Morgan fingerprint density at radius 2 is 2.27 bits per heavy atom. The number of rotatable bonds is 1. The lowest BCUT2D eigenvalue weighted by molar-refractivity contribution is 0.101. The summed E-state index contributed by atoms with van der Waals surface area (Å²) in [6.07, 6.45) is 1.48. The fourth-order valence-electron chi connectivity index (χ4n) is 0.909. The van der Waals surface area contributed by atoms with E-state index in [1.807, 2.05) is 6.92 Å². The highest BCUT2D eigenvalue weighted by Gasteiger charge is 2.04. The number of carbonyl (C=O) groups is 1. The van der Waals surface area contributed by atoms with Gasteiger partial charge in [-0.25, -0.2) is 0 Å². The molecule has 1 aromatic heterocycles. The van der Waals surface area contributed by atoms with E-state index in [4.69, 9.17) is 11.6 Å². The van der Waals surface area contributed by atoms with E-state index in [0.717, 1.165) is 5.56 Å². The molecule has 0 aliphatic carbocycles. The molecule has 0 atom stereocenters. The first-order chi connectivity index (χ1) is 5.11. The molecule has 0 saturated carbocycles. The Labute approximate surface area is 70.2 Å². The molecule has 0 amide bonds. The van der Waals surface area contributed by atoms with Crippen molar-refractivity contribution in [3.8, 4) is 0 Å². The highest BCUT2D eigenvalue weighted by Crippen LogP contribution is 2.11. The third kappa shape index (κ3) is 1.77. The van der Waals surface area contributed by atoms with Crippen molar-refractivity contribution in [3.63, 3.8) is 0 Å². The molecule has 0 spiro atoms. The van der Waals surface area contributed by atoms with Gasteiger partial charge in [-0.1, -0.05) is 11.6 Å². The lowest BCUT2D eigenvalue weighted by atomic mass is 10.2. The van der Waals surface area contributed by atoms with Crippen molar-refractivity contribution < 1.29 is 4.79 Å². The summed E-state index contributed by atoms with van der Waals surface area (Å²) in [5.74, 6) is -0.0285. The van der Waals surface area contributed by atoms with E-state index in [9.17, 15) is 4.79 Å². The van der Waals surface area contributed by atoms with Gasteiger partial charge in [0.15, 0.2) is 5.78 Å². The number of carbonyl (C=O) groups excluding carboxylic acids is 1. The molecule has 0 unspecified atom stereocenters. The van der Waals surface area contributed by atoms with Crippen LogP contribution in [0, 0.1) is 6.92 Å². The molecule has 1 heterocycles. The Kier molecular flexibility index (Phi) is 2.25. The average Bonchev–Trinajstić information content (AvgIpc) is 1.85. The average molecular weight is 170 g/mol. The van der Waals surface area contributed by atoms with Gasteiger partial charge in [-0.3, -0.25) is 9.78 Å². The topological polar surface area (TPSA) is 30.0 Å². The quantitative estimate of drug-likeness (QED) is 0.604. The van der Waals surface area contributed by atoms with E-state index >= 15 is 0 Å². The van der Waals surface area contributed by atoms with Gasteiger partial charge >= 0.3 is 0 Å². The van der Waals surface area contributed by atoms with E-state index in [0.29, 0.717) is 10.7 Å². The second-order valence-corrected chi connectivity index (χ2v) is 2.81. The molecule has 0 radical (unpaired) electrons. The lowest BCUT2D eigenvalue weighted by Crippen LogP contribution is -1.99. The zero-order valence-corrected chi connectivity index (χ0v) is 7.14. The van der Waals surface area contributed by atoms with Gasteiger partial charge < -0.3 is 0 Å². The molecule has 1 rings (SSSR count). The van der Waals surface area contributed by atoms with E-state index in [-0.39, 0.29) is 5.78 Å². The Morgan fingerprint density at radius 3 is 2.73 bits per heavy atom. The standard InChI is InChI=1S/C8H8ClNO/c1-5-3-7(9)4-10-8(5)6(2)11/h3-4H,1-2H3. The van der Waals surface area contributed by atoms with Gasteiger partial charge in [-0.2, -0.15) is 0 Å². The van der Waals surface area contributed by atoms with Crippen LogP contribution < -0.4 is 0 Å². The monoisotopic (exact) mass is 169 g/mol. The van der Waals surface area contributed by atoms with Gasteiger partial charge in [-0.05, 0) is 18.6 Å². The summed E-state index contributed by atoms with van der Waals surface area (Å²) in [5, 5.41) is 0.563. The summed E-state index contributed by atoms with van der Waals surface area (Å²) in [6.45, 7) is 3.30. The molecule has 1 aromatic rings. The second-order valence-electron chi connectivity index (χ2n) is 2.38. The predicted octanol–water partition coefficient (Wildman–Crippen LogP) is 2.25. The van der Waals surface area contributed by atoms with Crippen molar-refractivity contribution in [1.29, 1.82) is 0 Å². The summed E-state index contributed by atoms with van der Waals surface area (Å²) in [6, 6.07) is 1.73. The number of aromatic nitrogens is 1. The number of Topliss-reactive ketones (excluding diaryl/α,β-unsaturated/α-hetero) is 1. The first-order valence-corrected chi connectivity index (χ1v) is 3.62. The van der Waals surface area contributed by atoms with Crippen LogP contribution in [-0.4, -0.2) is 10.8 Å². The van der Waals surface area contributed by atoms with Gasteiger partial charge in [0.1, 0.15) is 5.69 Å². The second kappa shape index (κ2) is 3.01. The number of ketones is 1. The summed E-state index contributed by atoms with van der Waals surface area (Å²) in [4.78, 5) is 14.8. The van der Waals surface area contributed by atoms with E-state index in [1.54, 1.807) is 6.07 Å². The van der Waals surface area contributed by atoms with Crippen LogP contribution in [-0.2, 0) is 0 Å². The highest BCUT2D eigenvalue weighted by atomic mass is 35.5. The number of hydrogen-bond acceptors (Lipinski definition) is 2. The largest absolute Gasteiger partial charge is 0.293 e. The minimum Gasteiger partial charge on any atom is -0.293 e. The maximum absolute atomic E-state index is 10.9. The molecule has 58 valence electrons. The summed E-state index contributed by atoms with van der Waals surface area (Å²) in [5.41, 5.74) is 1.32. The van der Waals surface area contributed by atoms with E-state index < -0.39 is 0 Å². The van der Waals surface area contributed by atoms with Crippen LogP contribution in [0.3, 0.4) is 0 Å². The number of halogens is 1. The fourth-order valence-corrected chi connectivity index (χ4v) is 1.12. The molecule has 0 aromatic carbocycles. The Morgan fingerprint density at radius 1 is 1.64 bits per heavy atom. The predicted molar refractivity (Wildman–Crippen MR) is 44.0 cm³/mol. The molecular weight excluding hydrogens is 162 g/mol. The molecule has 0 saturated heterocycles. The molecule has 0 aliphatic rings. The van der Waals surface area contributed by atoms with Crippen LogP contribution >= 0.6 is 11.6 Å². The highest BCUT2D eigenvalue weighted by molar-refractivity contribution is 6.30. The first kappa shape index (κ1) is 8.21. The van der Waals surface area contributed by atoms with Crippen molar-refractivity contribution in [3.05, 3.63) is 28.5 Å². The Hall–Kier alpha value is -0.890. The van der Waals surface area contributed by atoms with Crippen molar-refractivity contribution in [2.24, 2.45) is 0 Å². The summed E-state index contributed by atoms with van der Waals surface area (Å²) < 4.78 is 0. The van der Waals surface area contributed by atoms with Crippen LogP contribution in [0.15, 0.2) is 12.3 Å². The fraction of sp³-hybridized carbons (Fsp3) is 0.250. The number of pyridine rings is 1. The van der Waals surface area contributed by atoms with Crippen molar-refractivity contribution in [2.45, 2.75) is 13.8 Å². The molecular formula is C8H8ClNO. The van der Waals surface area contributed by atoms with Gasteiger partial charge in [0.2, 0.25) is 0 Å². The SMILES string of the molecule is CC(=O)c1ncc(Cl)cc1C. The Bertz CT molecular complexity index is 296. The molecule has 0 aliphatic heterocycles. The molecule has 0 fully saturated rings. The third-order valence-corrected chi connectivity index (χ3v) is 1.59.